The number of benzene rings is 2. The van der Waals surface area contributed by atoms with Crippen molar-refractivity contribution in [3.8, 4) is 0 Å². The van der Waals surface area contributed by atoms with E-state index in [9.17, 15) is 0 Å². The van der Waals surface area contributed by atoms with E-state index in [0.717, 1.165) is 0 Å². The molecule has 0 saturated carbocycles. The third-order valence-corrected chi connectivity index (χ3v) is 10.6. The van der Waals surface area contributed by atoms with Gasteiger partial charge in [0.25, 0.3) is 0 Å². The molecule has 25 heavy (non-hydrogen) atoms. The molecule has 0 N–H and O–H groups in total. The molecule has 2 aromatic rings. The van der Waals surface area contributed by atoms with Gasteiger partial charge in [-0.2, -0.15) is 0 Å². The second-order valence-electron chi connectivity index (χ2n) is 7.46. The molecule has 0 saturated heterocycles. The van der Waals surface area contributed by atoms with E-state index in [4.69, 9.17) is 8.85 Å². The Kier molecular flexibility index (Phi) is 6.25. The molecule has 0 aliphatic rings. The van der Waals surface area contributed by atoms with Gasteiger partial charge in [-0.1, -0.05) is 88.4 Å². The van der Waals surface area contributed by atoms with Gasteiger partial charge in [-0.3, -0.25) is 0 Å². The van der Waals surface area contributed by atoms with E-state index in [2.05, 4.69) is 102 Å². The van der Waals surface area contributed by atoms with Gasteiger partial charge in [-0.05, 0) is 25.0 Å². The van der Waals surface area contributed by atoms with Crippen molar-refractivity contribution in [2.24, 2.45) is 0 Å². The lowest BCUT2D eigenvalue weighted by Crippen LogP contribution is -2.69. The van der Waals surface area contributed by atoms with Gasteiger partial charge in [-0.15, -0.1) is 0 Å². The van der Waals surface area contributed by atoms with E-state index in [-0.39, 0.29) is 10.1 Å². The first-order valence-electron chi connectivity index (χ1n) is 9.22. The fourth-order valence-corrected chi connectivity index (χ4v) is 9.04. The summed E-state index contributed by atoms with van der Waals surface area (Å²) < 4.78 is 13.3. The first kappa shape index (κ1) is 19.9. The zero-order valence-electron chi connectivity index (χ0n) is 16.5. The van der Waals surface area contributed by atoms with Crippen molar-refractivity contribution in [1.82, 2.24) is 0 Å². The van der Waals surface area contributed by atoms with Crippen molar-refractivity contribution < 1.29 is 8.85 Å². The lowest BCUT2D eigenvalue weighted by molar-refractivity contribution is 0.135. The Morgan fingerprint density at radius 1 is 0.640 bits per heavy atom. The van der Waals surface area contributed by atoms with Crippen LogP contribution in [0.4, 0.5) is 0 Å². The minimum atomic E-state index is -2.73. The van der Waals surface area contributed by atoms with Crippen molar-refractivity contribution in [1.29, 1.82) is 0 Å². The molecule has 2 aromatic carbocycles. The first-order chi connectivity index (χ1) is 11.8. The zero-order valence-corrected chi connectivity index (χ0v) is 17.5. The maximum atomic E-state index is 6.63. The second-order valence-corrected chi connectivity index (χ2v) is 11.8. The van der Waals surface area contributed by atoms with Crippen LogP contribution < -0.4 is 0 Å². The SMILES string of the molecule is CCO[Si](OCC)(C(C)(C)c1ccccc1)C(C)(C)c1ccccc1. The molecule has 0 radical (unpaired) electrons. The van der Waals surface area contributed by atoms with Crippen LogP contribution in [0.3, 0.4) is 0 Å². The van der Waals surface area contributed by atoms with Crippen LogP contribution in [0.5, 0.6) is 0 Å². The highest BCUT2D eigenvalue weighted by Crippen LogP contribution is 2.47. The molecule has 0 aliphatic heterocycles. The number of hydrogen-bond acceptors (Lipinski definition) is 2. The highest BCUT2D eigenvalue weighted by atomic mass is 28.4. The molecule has 3 heteroatoms. The lowest BCUT2D eigenvalue weighted by atomic mass is 10.0. The molecule has 2 nitrogen and oxygen atoms in total. The number of hydrogen-bond donors (Lipinski definition) is 0. The quantitative estimate of drug-likeness (QED) is 0.579. The summed E-state index contributed by atoms with van der Waals surface area (Å²) >= 11 is 0. The Balaban J connectivity index is 2.69. The van der Waals surface area contributed by atoms with E-state index in [1.54, 1.807) is 0 Å². The molecule has 2 rings (SSSR count). The van der Waals surface area contributed by atoms with Gasteiger partial charge >= 0.3 is 8.56 Å². The van der Waals surface area contributed by atoms with Crippen LogP contribution in [-0.2, 0) is 18.9 Å². The average Bonchev–Trinajstić information content (AvgIpc) is 2.62. The van der Waals surface area contributed by atoms with Crippen molar-refractivity contribution in [3.63, 3.8) is 0 Å². The molecule has 0 bridgehead atoms. The lowest BCUT2D eigenvalue weighted by Gasteiger charge is -2.52. The molecular formula is C22H32O2Si. The van der Waals surface area contributed by atoms with E-state index in [0.29, 0.717) is 13.2 Å². The van der Waals surface area contributed by atoms with Gasteiger partial charge in [0.2, 0.25) is 0 Å². The minimum Gasteiger partial charge on any atom is -0.394 e. The van der Waals surface area contributed by atoms with Gasteiger partial charge in [0.05, 0.1) is 0 Å². The second kappa shape index (κ2) is 7.86. The third-order valence-electron chi connectivity index (χ3n) is 5.33. The molecule has 0 aliphatic carbocycles. The molecule has 136 valence electrons. The monoisotopic (exact) mass is 356 g/mol. The van der Waals surface area contributed by atoms with Crippen LogP contribution in [0.2, 0.25) is 0 Å². The van der Waals surface area contributed by atoms with Gasteiger partial charge in [0.1, 0.15) is 0 Å². The summed E-state index contributed by atoms with van der Waals surface area (Å²) in [5, 5.41) is -0.417. The van der Waals surface area contributed by atoms with Gasteiger partial charge < -0.3 is 8.85 Å². The van der Waals surface area contributed by atoms with Crippen molar-refractivity contribution in [2.75, 3.05) is 13.2 Å². The van der Waals surface area contributed by atoms with Crippen LogP contribution in [0.1, 0.15) is 52.7 Å². The van der Waals surface area contributed by atoms with Crippen LogP contribution in [0.25, 0.3) is 0 Å². The van der Waals surface area contributed by atoms with Crippen LogP contribution in [0, 0.1) is 0 Å². The Labute approximate surface area is 154 Å². The summed E-state index contributed by atoms with van der Waals surface area (Å²) in [5.41, 5.74) is 2.54. The summed E-state index contributed by atoms with van der Waals surface area (Å²) in [6.45, 7) is 14.6. The summed E-state index contributed by atoms with van der Waals surface area (Å²) in [6, 6.07) is 21.3. The standard InChI is InChI=1S/C22H32O2Si/c1-7-23-25(24-8-2,21(3,4)19-15-11-9-12-16-19)22(5,6)20-17-13-10-14-18-20/h9-18H,7-8H2,1-6H3. The van der Waals surface area contributed by atoms with Crippen molar-refractivity contribution in [3.05, 3.63) is 71.8 Å². The van der Waals surface area contributed by atoms with E-state index >= 15 is 0 Å². The normalized spacial score (nSPS) is 13.0. The average molecular weight is 357 g/mol. The third kappa shape index (κ3) is 3.46. The van der Waals surface area contributed by atoms with E-state index < -0.39 is 8.56 Å². The van der Waals surface area contributed by atoms with E-state index in [1.165, 1.54) is 11.1 Å². The predicted molar refractivity (Wildman–Crippen MR) is 108 cm³/mol. The largest absolute Gasteiger partial charge is 0.394 e. The Morgan fingerprint density at radius 3 is 1.24 bits per heavy atom. The maximum Gasteiger partial charge on any atom is 0.358 e. The zero-order chi connectivity index (χ0) is 18.6. The van der Waals surface area contributed by atoms with Crippen molar-refractivity contribution in [2.45, 2.75) is 51.6 Å². The van der Waals surface area contributed by atoms with Crippen molar-refractivity contribution >= 4 is 8.56 Å². The molecule has 0 atom stereocenters. The molecular weight excluding hydrogens is 324 g/mol. The summed E-state index contributed by atoms with van der Waals surface area (Å²) in [6.07, 6.45) is 0. The fraction of sp³-hybridized carbons (Fsp3) is 0.455. The first-order valence-corrected chi connectivity index (χ1v) is 11.0. The highest BCUT2D eigenvalue weighted by Gasteiger charge is 2.63. The molecule has 0 fully saturated rings. The van der Waals surface area contributed by atoms with Crippen LogP contribution in [0.15, 0.2) is 60.7 Å². The minimum absolute atomic E-state index is 0.209. The van der Waals surface area contributed by atoms with Gasteiger partial charge in [0.15, 0.2) is 0 Å². The molecule has 0 amide bonds. The summed E-state index contributed by atoms with van der Waals surface area (Å²) in [7, 11) is -2.73. The molecule has 0 unspecified atom stereocenters. The van der Waals surface area contributed by atoms with Gasteiger partial charge in [-0.25, -0.2) is 0 Å². The Morgan fingerprint density at radius 2 is 0.960 bits per heavy atom. The Hall–Kier alpha value is -1.42. The van der Waals surface area contributed by atoms with Crippen LogP contribution >= 0.6 is 0 Å². The topological polar surface area (TPSA) is 18.5 Å². The summed E-state index contributed by atoms with van der Waals surface area (Å²) in [4.78, 5) is 0. The molecule has 0 heterocycles. The molecule has 0 aromatic heterocycles. The van der Waals surface area contributed by atoms with Crippen LogP contribution in [-0.4, -0.2) is 21.8 Å². The smallest absolute Gasteiger partial charge is 0.358 e. The van der Waals surface area contributed by atoms with E-state index in [1.807, 2.05) is 0 Å². The molecule has 0 spiro atoms. The predicted octanol–water partition coefficient (Wildman–Crippen LogP) is 5.54. The fourth-order valence-electron chi connectivity index (χ4n) is 4.04. The summed E-state index contributed by atoms with van der Waals surface area (Å²) in [5.74, 6) is 0. The van der Waals surface area contributed by atoms with Gasteiger partial charge in [0, 0.05) is 23.3 Å². The number of rotatable bonds is 8. The maximum absolute atomic E-state index is 6.63. The Bertz CT molecular complexity index is 591. The highest BCUT2D eigenvalue weighted by molar-refractivity contribution is 6.73.